The number of ether oxygens (including phenoxy) is 1. The zero-order valence-electron chi connectivity index (χ0n) is 22.8. The Kier molecular flexibility index (Phi) is 8.03. The molecule has 9 heteroatoms. The molecule has 0 spiro atoms. The van der Waals surface area contributed by atoms with Gasteiger partial charge in [0.15, 0.2) is 0 Å². The molecule has 8 nitrogen and oxygen atoms in total. The Morgan fingerprint density at radius 1 is 1.02 bits per heavy atom. The second-order valence-corrected chi connectivity index (χ2v) is 10.1. The summed E-state index contributed by atoms with van der Waals surface area (Å²) in [6.45, 7) is 5.73. The number of amides is 2. The van der Waals surface area contributed by atoms with Gasteiger partial charge >= 0.3 is 5.97 Å². The van der Waals surface area contributed by atoms with E-state index in [1.165, 1.54) is 5.01 Å². The van der Waals surface area contributed by atoms with E-state index < -0.39 is 11.9 Å². The molecule has 1 aromatic heterocycles. The summed E-state index contributed by atoms with van der Waals surface area (Å²) < 4.78 is 11.2. The predicted molar refractivity (Wildman–Crippen MR) is 158 cm³/mol. The lowest BCUT2D eigenvalue weighted by molar-refractivity contribution is -0.119. The van der Waals surface area contributed by atoms with Crippen LogP contribution in [0.3, 0.4) is 0 Å². The van der Waals surface area contributed by atoms with Crippen LogP contribution in [0.25, 0.3) is 11.3 Å². The minimum atomic E-state index is -0.527. The first-order valence-electron chi connectivity index (χ1n) is 13.2. The summed E-state index contributed by atoms with van der Waals surface area (Å²) >= 11 is 6.36. The van der Waals surface area contributed by atoms with Crippen LogP contribution in [0.1, 0.15) is 45.9 Å². The van der Waals surface area contributed by atoms with Gasteiger partial charge in [-0.3, -0.25) is 9.59 Å². The molecule has 0 saturated heterocycles. The van der Waals surface area contributed by atoms with Crippen molar-refractivity contribution in [2.75, 3.05) is 16.9 Å². The van der Waals surface area contributed by atoms with Gasteiger partial charge in [-0.2, -0.15) is 5.10 Å². The van der Waals surface area contributed by atoms with Crippen molar-refractivity contribution in [1.82, 2.24) is 0 Å². The van der Waals surface area contributed by atoms with E-state index in [2.05, 4.69) is 10.4 Å². The maximum atomic E-state index is 13.3. The minimum absolute atomic E-state index is 0.219. The zero-order chi connectivity index (χ0) is 29.1. The van der Waals surface area contributed by atoms with Crippen LogP contribution < -0.4 is 10.3 Å². The summed E-state index contributed by atoms with van der Waals surface area (Å²) in [7, 11) is 0. The van der Waals surface area contributed by atoms with Crippen molar-refractivity contribution in [2.45, 2.75) is 27.2 Å². The number of aryl methyl sites for hydroxylation is 1. The van der Waals surface area contributed by atoms with Crippen molar-refractivity contribution in [3.05, 3.63) is 106 Å². The van der Waals surface area contributed by atoms with Crippen LogP contribution in [0.5, 0.6) is 0 Å². The molecule has 2 amide bonds. The van der Waals surface area contributed by atoms with Gasteiger partial charge < -0.3 is 14.5 Å². The molecule has 1 atom stereocenters. The summed E-state index contributed by atoms with van der Waals surface area (Å²) in [4.78, 5) is 38.4. The van der Waals surface area contributed by atoms with Gasteiger partial charge in [0.25, 0.3) is 11.8 Å². The number of carbonyl (C=O) groups excluding carboxylic acids is 3. The maximum absolute atomic E-state index is 13.3. The smallest absolute Gasteiger partial charge is 0.338 e. The Hall–Kier alpha value is -4.69. The first-order valence-corrected chi connectivity index (χ1v) is 13.5. The zero-order valence-corrected chi connectivity index (χ0v) is 23.6. The van der Waals surface area contributed by atoms with E-state index in [0.717, 1.165) is 5.56 Å². The Morgan fingerprint density at radius 2 is 1.83 bits per heavy atom. The first-order chi connectivity index (χ1) is 19.7. The number of carbonyl (C=O) groups is 3. The third-order valence-corrected chi connectivity index (χ3v) is 7.04. The van der Waals surface area contributed by atoms with E-state index in [1.54, 1.807) is 68.4 Å². The molecular weight excluding hydrogens is 542 g/mol. The summed E-state index contributed by atoms with van der Waals surface area (Å²) in [5.74, 6) is -0.399. The van der Waals surface area contributed by atoms with Crippen LogP contribution in [0.4, 0.5) is 11.4 Å². The SMILES string of the molecule is CCOC(=O)c1cccc(N2N=C(C)C(Cc3ccc(-c4ccc(Cl)c(C(=O)Nc5cccc(C)c5)c4)o3)C2=O)c1. The van der Waals surface area contributed by atoms with Crippen LogP contribution >= 0.6 is 11.6 Å². The molecule has 0 fully saturated rings. The van der Waals surface area contributed by atoms with Gasteiger partial charge in [-0.25, -0.2) is 9.80 Å². The molecule has 2 heterocycles. The van der Waals surface area contributed by atoms with Gasteiger partial charge in [-0.15, -0.1) is 0 Å². The molecule has 0 aliphatic carbocycles. The van der Waals surface area contributed by atoms with E-state index in [9.17, 15) is 14.4 Å². The molecule has 0 saturated carbocycles. The second kappa shape index (κ2) is 11.8. The van der Waals surface area contributed by atoms with Crippen molar-refractivity contribution in [3.63, 3.8) is 0 Å². The van der Waals surface area contributed by atoms with Crippen molar-refractivity contribution in [1.29, 1.82) is 0 Å². The highest BCUT2D eigenvalue weighted by Gasteiger charge is 2.35. The number of rotatable bonds is 8. The van der Waals surface area contributed by atoms with Crippen LogP contribution in [0, 0.1) is 12.8 Å². The fourth-order valence-corrected chi connectivity index (χ4v) is 4.82. The number of hydrogen-bond donors (Lipinski definition) is 1. The Bertz CT molecular complexity index is 1680. The number of nitrogens with one attached hydrogen (secondary N) is 1. The second-order valence-electron chi connectivity index (χ2n) is 9.70. The van der Waals surface area contributed by atoms with Gasteiger partial charge in [0.1, 0.15) is 11.5 Å². The third-order valence-electron chi connectivity index (χ3n) is 6.71. The summed E-state index contributed by atoms with van der Waals surface area (Å²) in [5, 5.41) is 8.97. The lowest BCUT2D eigenvalue weighted by Crippen LogP contribution is -2.28. The number of furan rings is 1. The molecule has 1 aliphatic rings. The highest BCUT2D eigenvalue weighted by atomic mass is 35.5. The number of hydrogen-bond acceptors (Lipinski definition) is 6. The normalized spacial score (nSPS) is 14.6. The number of benzene rings is 3. The summed E-state index contributed by atoms with van der Waals surface area (Å²) in [6, 6.07) is 22.9. The molecule has 1 unspecified atom stereocenters. The number of anilines is 2. The fraction of sp³-hybridized carbons (Fsp3) is 0.188. The molecule has 3 aromatic carbocycles. The van der Waals surface area contributed by atoms with Crippen LogP contribution in [0.2, 0.25) is 5.02 Å². The summed E-state index contributed by atoms with van der Waals surface area (Å²) in [6.07, 6.45) is 0.302. The van der Waals surface area contributed by atoms with E-state index in [4.69, 9.17) is 20.8 Å². The Morgan fingerprint density at radius 3 is 2.61 bits per heavy atom. The van der Waals surface area contributed by atoms with Gasteiger partial charge in [0, 0.05) is 23.4 Å². The van der Waals surface area contributed by atoms with E-state index in [1.807, 2.05) is 31.2 Å². The molecule has 1 N–H and O–H groups in total. The Labute approximate surface area is 242 Å². The van der Waals surface area contributed by atoms with Crippen molar-refractivity contribution < 1.29 is 23.5 Å². The lowest BCUT2D eigenvalue weighted by Gasteiger charge is -2.15. The van der Waals surface area contributed by atoms with E-state index in [-0.39, 0.29) is 18.4 Å². The van der Waals surface area contributed by atoms with E-state index in [0.29, 0.717) is 56.7 Å². The molecule has 0 bridgehead atoms. The minimum Gasteiger partial charge on any atom is -0.462 e. The average Bonchev–Trinajstić information content (AvgIpc) is 3.54. The molecule has 4 aromatic rings. The topological polar surface area (TPSA) is 101 Å². The maximum Gasteiger partial charge on any atom is 0.338 e. The van der Waals surface area contributed by atoms with Gasteiger partial charge in [0.05, 0.1) is 34.4 Å². The van der Waals surface area contributed by atoms with Gasteiger partial charge in [-0.1, -0.05) is 29.8 Å². The molecule has 0 radical (unpaired) electrons. The standard InChI is InChI=1S/C32H28ClN3O5/c1-4-40-32(39)22-8-6-10-24(16-22)36-31(38)26(20(3)35-36)18-25-12-14-29(41-25)21-11-13-28(33)27(17-21)30(37)34-23-9-5-7-19(2)15-23/h5-17,26H,4,18H2,1-3H3,(H,34,37). The fourth-order valence-electron chi connectivity index (χ4n) is 4.62. The molecule has 5 rings (SSSR count). The largest absolute Gasteiger partial charge is 0.462 e. The highest BCUT2D eigenvalue weighted by molar-refractivity contribution is 6.34. The monoisotopic (exact) mass is 569 g/mol. The quantitative estimate of drug-likeness (QED) is 0.232. The van der Waals surface area contributed by atoms with Crippen LogP contribution in [0.15, 0.2) is 88.4 Å². The number of nitrogens with zero attached hydrogens (tertiary/aromatic N) is 2. The first kappa shape index (κ1) is 27.9. The molecule has 1 aliphatic heterocycles. The highest BCUT2D eigenvalue weighted by Crippen LogP contribution is 2.31. The number of hydrazone groups is 1. The lowest BCUT2D eigenvalue weighted by atomic mass is 9.99. The van der Waals surface area contributed by atoms with Crippen molar-refractivity contribution >= 4 is 46.5 Å². The molecular formula is C32H28ClN3O5. The number of halogens is 1. The van der Waals surface area contributed by atoms with Gasteiger partial charge in [0.2, 0.25) is 0 Å². The van der Waals surface area contributed by atoms with Gasteiger partial charge in [-0.05, 0) is 87.0 Å². The van der Waals surface area contributed by atoms with Crippen LogP contribution in [-0.4, -0.2) is 30.1 Å². The average molecular weight is 570 g/mol. The molecule has 41 heavy (non-hydrogen) atoms. The Balaban J connectivity index is 1.31. The van der Waals surface area contributed by atoms with Crippen molar-refractivity contribution in [2.24, 2.45) is 11.0 Å². The van der Waals surface area contributed by atoms with Crippen molar-refractivity contribution in [3.8, 4) is 11.3 Å². The predicted octanol–water partition coefficient (Wildman–Crippen LogP) is 6.92. The van der Waals surface area contributed by atoms with E-state index >= 15 is 0 Å². The summed E-state index contributed by atoms with van der Waals surface area (Å²) in [5.41, 5.74) is 4.17. The molecule has 208 valence electrons. The third kappa shape index (κ3) is 6.07. The number of esters is 1. The van der Waals surface area contributed by atoms with Crippen LogP contribution in [-0.2, 0) is 16.0 Å².